The molecule has 22 heteroatoms. The Bertz CT molecular complexity index is 5880. The van der Waals surface area contributed by atoms with E-state index in [1.165, 1.54) is 114 Å². The van der Waals surface area contributed by atoms with E-state index in [4.69, 9.17) is 4.98 Å². The van der Waals surface area contributed by atoms with Crippen LogP contribution in [0.3, 0.4) is 0 Å². The fraction of sp³-hybridized carbons (Fsp3) is 0.431. The summed E-state index contributed by atoms with van der Waals surface area (Å²) in [5.41, 5.74) is 15.1. The third-order valence-corrected chi connectivity index (χ3v) is 27.9. The summed E-state index contributed by atoms with van der Waals surface area (Å²) in [5, 5.41) is 1.29. The lowest BCUT2D eigenvalue weighted by Gasteiger charge is -2.42. The van der Waals surface area contributed by atoms with Gasteiger partial charge in [0.2, 0.25) is 23.3 Å². The van der Waals surface area contributed by atoms with Crippen molar-refractivity contribution in [3.63, 3.8) is 0 Å². The Balaban J connectivity index is 0.000000128. The summed E-state index contributed by atoms with van der Waals surface area (Å²) in [6.45, 7) is 54.3. The van der Waals surface area contributed by atoms with Crippen LogP contribution in [-0.2, 0) is 78.5 Å². The molecule has 4 atom stereocenters. The van der Waals surface area contributed by atoms with Gasteiger partial charge in [0, 0.05) is 91.4 Å². The molecule has 0 unspecified atom stereocenters. The molecular formula is C102H138N22+4. The van der Waals surface area contributed by atoms with Gasteiger partial charge >= 0.3 is 0 Å². The number of aryl methyl sites for hydroxylation is 4. The quantitative estimate of drug-likeness (QED) is 0.0868. The molecule has 8 aromatic heterocycles. The van der Waals surface area contributed by atoms with Crippen molar-refractivity contribution in [3.05, 3.63) is 254 Å². The molecule has 0 bridgehead atoms. The van der Waals surface area contributed by atoms with E-state index in [1.807, 2.05) is 12.4 Å². The summed E-state index contributed by atoms with van der Waals surface area (Å²) >= 11 is 0. The van der Waals surface area contributed by atoms with Crippen molar-refractivity contribution in [2.24, 2.45) is 56.4 Å². The lowest BCUT2D eigenvalue weighted by atomic mass is 9.96. The van der Waals surface area contributed by atoms with Crippen molar-refractivity contribution >= 4 is 90.7 Å². The summed E-state index contributed by atoms with van der Waals surface area (Å²) in [7, 11) is 17.2. The monoisotopic (exact) mass is 1670 g/mol. The van der Waals surface area contributed by atoms with Crippen LogP contribution in [0, 0.1) is 27.7 Å². The molecule has 22 nitrogen and oxygen atoms in total. The van der Waals surface area contributed by atoms with E-state index >= 15 is 0 Å². The first-order valence-electron chi connectivity index (χ1n) is 44.7. The number of benzene rings is 6. The second-order valence-corrected chi connectivity index (χ2v) is 38.1. The number of rotatable bonds is 16. The van der Waals surface area contributed by atoms with E-state index in [-0.39, 0.29) is 46.8 Å². The van der Waals surface area contributed by atoms with Gasteiger partial charge < -0.3 is 37.9 Å². The summed E-state index contributed by atoms with van der Waals surface area (Å²) in [4.78, 5) is 29.8. The molecule has 14 aromatic rings. The minimum absolute atomic E-state index is 0.117. The second-order valence-electron chi connectivity index (χ2n) is 38.1. The van der Waals surface area contributed by atoms with Gasteiger partial charge in [0.1, 0.15) is 36.3 Å². The molecule has 18 rings (SSSR count). The van der Waals surface area contributed by atoms with Crippen LogP contribution in [0.4, 0.5) is 68.8 Å². The van der Waals surface area contributed by atoms with Crippen LogP contribution in [0.25, 0.3) is 21.9 Å². The third-order valence-electron chi connectivity index (χ3n) is 27.9. The lowest BCUT2D eigenvalue weighted by Crippen LogP contribution is -2.50. The highest BCUT2D eigenvalue weighted by Gasteiger charge is 2.51. The molecule has 0 aliphatic carbocycles. The Morgan fingerprint density at radius 1 is 0.306 bits per heavy atom. The van der Waals surface area contributed by atoms with Gasteiger partial charge in [-0.05, 0) is 229 Å². The van der Waals surface area contributed by atoms with E-state index in [9.17, 15) is 0 Å². The highest BCUT2D eigenvalue weighted by atomic mass is 15.5. The minimum atomic E-state index is -0.327. The average Bonchev–Trinajstić information content (AvgIpc) is 1.52. The zero-order chi connectivity index (χ0) is 89.5. The Morgan fingerprint density at radius 3 is 0.919 bits per heavy atom. The summed E-state index contributed by atoms with van der Waals surface area (Å²) in [5.74, 6) is 12.0. The number of nitrogens with zero attached hydrogens (tertiary/aromatic N) is 22. The van der Waals surface area contributed by atoms with Crippen LogP contribution < -0.4 is 57.5 Å². The normalized spacial score (nSPS) is 16.5. The molecule has 652 valence electrons. The molecule has 0 saturated heterocycles. The molecule has 124 heavy (non-hydrogen) atoms. The van der Waals surface area contributed by atoms with Crippen LogP contribution in [0.5, 0.6) is 0 Å². The van der Waals surface area contributed by atoms with E-state index in [0.717, 1.165) is 22.7 Å². The lowest BCUT2D eigenvalue weighted by molar-refractivity contribution is -0.721. The number of para-hydroxylation sites is 11. The SMILES string of the molecule is Cc1n(C)c(N2c3ccccc3N(C(C)(C)c3cc4ccccc4n3C)[C@@H]2C)c[n+]1C(C)C.Cc1n(C)c(N2c3ccccc3N(C(C)(C)c3cccn3C)[C@@H]2C)c[n+]1C(C)C.Cc1n(C)c(N2c3ccccc3N(C(C)(C)c3nc4ccccc4n3C)[C@@H]2C)c[n+]1C(C)C.Cc1n(C)c(N2c3ccccc3N(C(C)(C)c3nccn3C)[C@@H]2C)c[n+]1C(C)C. The van der Waals surface area contributed by atoms with Crippen molar-refractivity contribution in [1.82, 2.24) is 46.5 Å². The zero-order valence-electron chi connectivity index (χ0n) is 80.1. The van der Waals surface area contributed by atoms with Crippen LogP contribution in [0.15, 0.2) is 207 Å². The fourth-order valence-corrected chi connectivity index (χ4v) is 21.5. The smallest absolute Gasteiger partial charge is 0.254 e. The number of hydrogen-bond donors (Lipinski definition) is 0. The zero-order valence-corrected chi connectivity index (χ0v) is 80.1. The van der Waals surface area contributed by atoms with E-state index in [2.05, 4.69) is 516 Å². The average molecular weight is 1670 g/mol. The predicted molar refractivity (Wildman–Crippen MR) is 509 cm³/mol. The molecule has 0 fully saturated rings. The van der Waals surface area contributed by atoms with Crippen molar-refractivity contribution in [3.8, 4) is 0 Å². The first-order chi connectivity index (χ1) is 58.6. The van der Waals surface area contributed by atoms with Crippen molar-refractivity contribution in [2.45, 2.75) is 237 Å². The number of aromatic nitrogens is 14. The largest absolute Gasteiger partial charge is 0.352 e. The van der Waals surface area contributed by atoms with Crippen molar-refractivity contribution in [1.29, 1.82) is 0 Å². The number of anilines is 12. The van der Waals surface area contributed by atoms with Gasteiger partial charge in [-0.2, -0.15) is 0 Å². The molecule has 0 saturated carbocycles. The van der Waals surface area contributed by atoms with Crippen LogP contribution in [0.1, 0.15) is 209 Å². The maximum Gasteiger partial charge on any atom is 0.254 e. The van der Waals surface area contributed by atoms with Gasteiger partial charge in [0.15, 0.2) is 24.8 Å². The van der Waals surface area contributed by atoms with E-state index in [0.29, 0.717) is 24.2 Å². The van der Waals surface area contributed by atoms with Gasteiger partial charge in [-0.1, -0.05) is 78.9 Å². The first kappa shape index (κ1) is 87.0. The molecular weight excluding hydrogens is 1530 g/mol. The van der Waals surface area contributed by atoms with Gasteiger partial charge in [0.05, 0.1) is 131 Å². The van der Waals surface area contributed by atoms with Gasteiger partial charge in [-0.25, -0.2) is 46.5 Å². The van der Waals surface area contributed by atoms with Crippen LogP contribution in [-0.4, -0.2) is 71.2 Å². The highest BCUT2D eigenvalue weighted by Crippen LogP contribution is 2.55. The van der Waals surface area contributed by atoms with Crippen LogP contribution in [0.2, 0.25) is 0 Å². The molecule has 12 heterocycles. The maximum atomic E-state index is 5.09. The standard InChI is InChI=1S/C28H36N5.C27H35N6.C24H34N5.C23H33N6/c1-19(2)31-18-27(29(7)20(31)3)32-21(4)33(25-16-12-11-15-24(25)32)28(5,6)26-17-22-13-9-10-14-23(22)30(26)8;1-18(2)31-17-25(29(7)19(31)3)32-20(4)33(24-16-12-11-15-23(24)32)27(5,6)26-28-21-13-9-10-14-22(21)30(26)8;1-17(2)27-16-23(26(8)18(27)3)28-19(4)29(21-13-10-9-12-20(21)28)24(5,6)22-14-11-15-25(22)7;1-16(2)27-15-21(26(8)17(27)3)28-18(4)29(20-12-10-9-11-19(20)28)23(5,6)22-24-13-14-25(22)7/h9-19,21H,1-8H3;9-18,20H,1-8H3;9-17,19H,1-8H3;9-16,18H,1-8H3/q4*+1/t21-;20-;19-;18-/m1111/s1. The highest BCUT2D eigenvalue weighted by molar-refractivity contribution is 5.89. The molecule has 0 amide bonds. The number of imidazole rings is 6. The van der Waals surface area contributed by atoms with Gasteiger partial charge in [-0.3, -0.25) is 19.6 Å². The Morgan fingerprint density at radius 2 is 0.613 bits per heavy atom. The maximum absolute atomic E-state index is 5.09. The van der Waals surface area contributed by atoms with Crippen LogP contribution >= 0.6 is 0 Å². The second kappa shape index (κ2) is 32.3. The number of fused-ring (bicyclic) bond motifs is 6. The van der Waals surface area contributed by atoms with E-state index < -0.39 is 0 Å². The van der Waals surface area contributed by atoms with E-state index in [1.54, 1.807) is 0 Å². The Hall–Kier alpha value is -11.9. The Labute approximate surface area is 737 Å². The molecule has 0 spiro atoms. The summed E-state index contributed by atoms with van der Waals surface area (Å²) in [6, 6.07) is 60.5. The first-order valence-corrected chi connectivity index (χ1v) is 44.7. The predicted octanol–water partition coefficient (Wildman–Crippen LogP) is 20.2. The molecule has 0 N–H and O–H groups in total. The Kier molecular flexibility index (Phi) is 22.7. The third kappa shape index (κ3) is 14.0. The summed E-state index contributed by atoms with van der Waals surface area (Å²) in [6.07, 6.45) is 15.8. The number of hydrogen-bond acceptors (Lipinski definition) is 10. The molecule has 4 aliphatic heterocycles. The summed E-state index contributed by atoms with van der Waals surface area (Å²) < 4.78 is 27.6. The molecule has 6 aromatic carbocycles. The molecule has 0 radical (unpaired) electrons. The van der Waals surface area contributed by atoms with Crippen molar-refractivity contribution < 1.29 is 18.3 Å². The fourth-order valence-electron chi connectivity index (χ4n) is 21.5. The topological polar surface area (TPSA) is 107 Å². The molecule has 4 aliphatic rings. The minimum Gasteiger partial charge on any atom is -0.352 e. The van der Waals surface area contributed by atoms with Crippen molar-refractivity contribution in [2.75, 3.05) is 39.2 Å². The van der Waals surface area contributed by atoms with Gasteiger partial charge in [0.25, 0.3) is 23.3 Å². The van der Waals surface area contributed by atoms with Gasteiger partial charge in [-0.15, -0.1) is 0 Å².